The number of nitrogens with zero attached hydrogens (tertiary/aromatic N) is 2. The lowest BCUT2D eigenvalue weighted by molar-refractivity contribution is -0.138. The van der Waals surface area contributed by atoms with Gasteiger partial charge in [0.25, 0.3) is 0 Å². The van der Waals surface area contributed by atoms with Crippen molar-refractivity contribution < 1.29 is 9.90 Å². The molecule has 1 aromatic carbocycles. The number of aliphatic carboxylic acids is 1. The Balaban J connectivity index is 2.00. The van der Waals surface area contributed by atoms with Crippen LogP contribution < -0.4 is 4.90 Å². The van der Waals surface area contributed by atoms with E-state index >= 15 is 0 Å². The maximum Gasteiger partial charge on any atom is 0.312 e. The number of aromatic nitrogens is 1. The van der Waals surface area contributed by atoms with Gasteiger partial charge < -0.3 is 10.0 Å². The van der Waals surface area contributed by atoms with Crippen molar-refractivity contribution in [2.45, 2.75) is 12.5 Å². The molecular formula is C13H12N2O2S. The fraction of sp³-hybridized carbons (Fsp3) is 0.231. The summed E-state index contributed by atoms with van der Waals surface area (Å²) in [6.07, 6.45) is 1.75. The molecule has 1 atom stereocenters. The lowest BCUT2D eigenvalue weighted by Crippen LogP contribution is -2.36. The SMILES string of the molecule is O=C(O)C1CN(c2nccs2)Cc2ccccc21. The van der Waals surface area contributed by atoms with Gasteiger partial charge in [0.1, 0.15) is 0 Å². The van der Waals surface area contributed by atoms with Crippen LogP contribution in [0.2, 0.25) is 0 Å². The molecule has 0 radical (unpaired) electrons. The quantitative estimate of drug-likeness (QED) is 0.900. The molecule has 0 saturated heterocycles. The Hall–Kier alpha value is -1.88. The number of carboxylic acid groups (broad SMARTS) is 1. The van der Waals surface area contributed by atoms with Crippen LogP contribution in [0.15, 0.2) is 35.8 Å². The molecule has 0 aliphatic carbocycles. The van der Waals surface area contributed by atoms with Gasteiger partial charge in [0.15, 0.2) is 5.13 Å². The summed E-state index contributed by atoms with van der Waals surface area (Å²) in [5.41, 5.74) is 2.00. The van der Waals surface area contributed by atoms with Gasteiger partial charge in [-0.1, -0.05) is 24.3 Å². The third kappa shape index (κ3) is 1.86. The monoisotopic (exact) mass is 260 g/mol. The molecule has 0 amide bonds. The molecule has 1 aliphatic rings. The molecule has 0 spiro atoms. The minimum absolute atomic E-state index is 0.473. The van der Waals surface area contributed by atoms with Gasteiger partial charge in [0, 0.05) is 24.7 Å². The van der Waals surface area contributed by atoms with E-state index in [1.54, 1.807) is 6.20 Å². The van der Waals surface area contributed by atoms with Gasteiger partial charge in [-0.05, 0) is 11.1 Å². The van der Waals surface area contributed by atoms with Crippen LogP contribution in [0.1, 0.15) is 17.0 Å². The average Bonchev–Trinajstić information content (AvgIpc) is 2.91. The Morgan fingerprint density at radius 1 is 1.44 bits per heavy atom. The predicted molar refractivity (Wildman–Crippen MR) is 70.0 cm³/mol. The molecular weight excluding hydrogens is 248 g/mol. The van der Waals surface area contributed by atoms with Crippen LogP contribution in [0.3, 0.4) is 0 Å². The van der Waals surface area contributed by atoms with Crippen molar-refractivity contribution in [2.75, 3.05) is 11.4 Å². The molecule has 0 bridgehead atoms. The van der Waals surface area contributed by atoms with Crippen LogP contribution in [0.25, 0.3) is 0 Å². The minimum Gasteiger partial charge on any atom is -0.481 e. The van der Waals surface area contributed by atoms with Crippen LogP contribution in [-0.2, 0) is 11.3 Å². The summed E-state index contributed by atoms with van der Waals surface area (Å²) in [4.78, 5) is 17.7. The Bertz CT molecular complexity index is 568. The predicted octanol–water partition coefficient (Wildman–Crippen LogP) is 2.33. The zero-order valence-electron chi connectivity index (χ0n) is 9.61. The van der Waals surface area contributed by atoms with Crippen molar-refractivity contribution >= 4 is 22.4 Å². The summed E-state index contributed by atoms with van der Waals surface area (Å²) >= 11 is 1.54. The highest BCUT2D eigenvalue weighted by Gasteiger charge is 2.30. The van der Waals surface area contributed by atoms with Gasteiger partial charge in [-0.15, -0.1) is 11.3 Å². The van der Waals surface area contributed by atoms with Crippen LogP contribution >= 0.6 is 11.3 Å². The zero-order valence-corrected chi connectivity index (χ0v) is 10.4. The van der Waals surface area contributed by atoms with E-state index in [1.165, 1.54) is 11.3 Å². The number of anilines is 1. The molecule has 2 aromatic rings. The number of benzene rings is 1. The minimum atomic E-state index is -0.774. The van der Waals surface area contributed by atoms with E-state index in [4.69, 9.17) is 0 Å². The highest BCUT2D eigenvalue weighted by molar-refractivity contribution is 7.13. The van der Waals surface area contributed by atoms with E-state index < -0.39 is 11.9 Å². The van der Waals surface area contributed by atoms with E-state index in [2.05, 4.69) is 4.98 Å². The number of hydrogen-bond donors (Lipinski definition) is 1. The van der Waals surface area contributed by atoms with E-state index in [-0.39, 0.29) is 0 Å². The van der Waals surface area contributed by atoms with E-state index in [0.29, 0.717) is 6.54 Å². The Labute approximate surface area is 109 Å². The second-order valence-corrected chi connectivity index (χ2v) is 5.16. The van der Waals surface area contributed by atoms with Gasteiger partial charge >= 0.3 is 5.97 Å². The van der Waals surface area contributed by atoms with Crippen molar-refractivity contribution in [3.05, 3.63) is 47.0 Å². The molecule has 1 aromatic heterocycles. The summed E-state index contributed by atoms with van der Waals surface area (Å²) in [5.74, 6) is -1.25. The largest absolute Gasteiger partial charge is 0.481 e. The maximum atomic E-state index is 11.4. The van der Waals surface area contributed by atoms with Crippen molar-refractivity contribution in [3.63, 3.8) is 0 Å². The Kier molecular flexibility index (Phi) is 2.76. The number of thiazole rings is 1. The normalized spacial score (nSPS) is 18.4. The fourth-order valence-corrected chi connectivity index (χ4v) is 2.99. The van der Waals surface area contributed by atoms with E-state index in [0.717, 1.165) is 22.8 Å². The molecule has 0 fully saturated rings. The molecule has 1 N–H and O–H groups in total. The highest BCUT2D eigenvalue weighted by atomic mass is 32.1. The zero-order chi connectivity index (χ0) is 12.5. The first-order valence-corrected chi connectivity index (χ1v) is 6.58. The summed E-state index contributed by atoms with van der Waals surface area (Å²) in [7, 11) is 0. The first kappa shape index (κ1) is 11.2. The summed E-state index contributed by atoms with van der Waals surface area (Å²) < 4.78 is 0. The van der Waals surface area contributed by atoms with Gasteiger partial charge in [-0.25, -0.2) is 4.98 Å². The summed E-state index contributed by atoms with van der Waals surface area (Å²) in [6.45, 7) is 1.22. The van der Waals surface area contributed by atoms with E-state index in [9.17, 15) is 9.90 Å². The van der Waals surface area contributed by atoms with Crippen LogP contribution in [0, 0.1) is 0 Å². The van der Waals surface area contributed by atoms with Crippen LogP contribution in [-0.4, -0.2) is 22.6 Å². The molecule has 1 aliphatic heterocycles. The number of carboxylic acids is 1. The van der Waals surface area contributed by atoms with Gasteiger partial charge in [-0.3, -0.25) is 4.79 Å². The maximum absolute atomic E-state index is 11.4. The Morgan fingerprint density at radius 2 is 2.28 bits per heavy atom. The number of fused-ring (bicyclic) bond motifs is 1. The Morgan fingerprint density at radius 3 is 3.00 bits per heavy atom. The van der Waals surface area contributed by atoms with Gasteiger partial charge in [-0.2, -0.15) is 0 Å². The van der Waals surface area contributed by atoms with Crippen LogP contribution in [0.4, 0.5) is 5.13 Å². The lowest BCUT2D eigenvalue weighted by atomic mass is 9.90. The molecule has 2 heterocycles. The van der Waals surface area contributed by atoms with Crippen molar-refractivity contribution in [1.29, 1.82) is 0 Å². The van der Waals surface area contributed by atoms with Gasteiger partial charge in [0.05, 0.1) is 5.92 Å². The first-order valence-electron chi connectivity index (χ1n) is 5.71. The molecule has 4 nitrogen and oxygen atoms in total. The topological polar surface area (TPSA) is 53.4 Å². The summed E-state index contributed by atoms with van der Waals surface area (Å²) in [6, 6.07) is 7.75. The smallest absolute Gasteiger partial charge is 0.312 e. The molecule has 1 unspecified atom stereocenters. The molecule has 0 saturated carbocycles. The second-order valence-electron chi connectivity index (χ2n) is 4.28. The lowest BCUT2D eigenvalue weighted by Gasteiger charge is -2.32. The molecule has 3 rings (SSSR count). The molecule has 18 heavy (non-hydrogen) atoms. The van der Waals surface area contributed by atoms with Crippen molar-refractivity contribution in [1.82, 2.24) is 4.98 Å². The van der Waals surface area contributed by atoms with Crippen LogP contribution in [0.5, 0.6) is 0 Å². The number of carbonyl (C=O) groups is 1. The molecule has 5 heteroatoms. The third-order valence-electron chi connectivity index (χ3n) is 3.18. The van der Waals surface area contributed by atoms with E-state index in [1.807, 2.05) is 34.5 Å². The second kappa shape index (κ2) is 4.42. The fourth-order valence-electron chi connectivity index (χ4n) is 2.34. The number of hydrogen-bond acceptors (Lipinski definition) is 4. The van der Waals surface area contributed by atoms with Gasteiger partial charge in [0.2, 0.25) is 0 Å². The average molecular weight is 260 g/mol. The number of rotatable bonds is 2. The van der Waals surface area contributed by atoms with Crippen molar-refractivity contribution in [3.8, 4) is 0 Å². The third-order valence-corrected chi connectivity index (χ3v) is 4.01. The first-order chi connectivity index (χ1) is 8.75. The summed E-state index contributed by atoms with van der Waals surface area (Å²) in [5, 5.41) is 12.1. The standard InChI is InChI=1S/C13H12N2O2S/c16-12(17)11-8-15(13-14-5-6-18-13)7-9-3-1-2-4-10(9)11/h1-6,11H,7-8H2,(H,16,17). The molecule has 92 valence electrons. The van der Waals surface area contributed by atoms with Crippen molar-refractivity contribution in [2.24, 2.45) is 0 Å². The highest BCUT2D eigenvalue weighted by Crippen LogP contribution is 2.32.